The summed E-state index contributed by atoms with van der Waals surface area (Å²) in [7, 11) is -2.88. The third-order valence-electron chi connectivity index (χ3n) is 4.21. The van der Waals surface area contributed by atoms with Crippen LogP contribution in [0.3, 0.4) is 0 Å². The van der Waals surface area contributed by atoms with E-state index in [1.807, 2.05) is 0 Å². The molecule has 0 amide bonds. The topological polar surface area (TPSA) is 144 Å². The van der Waals surface area contributed by atoms with Gasteiger partial charge >= 0.3 is 11.9 Å². The average molecular weight is 472 g/mol. The Morgan fingerprint density at radius 3 is 2.21 bits per heavy atom. The highest BCUT2D eigenvalue weighted by Crippen LogP contribution is 2.39. The number of sulfone groups is 1. The molecule has 150 valence electrons. The van der Waals surface area contributed by atoms with Gasteiger partial charge in [0, 0.05) is 10.9 Å². The van der Waals surface area contributed by atoms with E-state index in [-0.39, 0.29) is 32.6 Å². The van der Waals surface area contributed by atoms with Crippen LogP contribution >= 0.6 is 15.9 Å². The number of halogens is 1. The van der Waals surface area contributed by atoms with Crippen LogP contribution in [0.1, 0.15) is 27.9 Å². The average Bonchev–Trinajstić information content (AvgIpc) is 2.64. The second-order valence-corrected chi connectivity index (χ2v) is 8.59. The highest BCUT2D eigenvalue weighted by atomic mass is 79.9. The summed E-state index contributed by atoms with van der Waals surface area (Å²) in [6.45, 7) is 1.43. The number of rotatable bonds is 7. The lowest BCUT2D eigenvalue weighted by atomic mass is 9.99. The molecule has 8 nitrogen and oxygen atoms in total. The van der Waals surface area contributed by atoms with Crippen LogP contribution in [0.5, 0.6) is 5.75 Å². The van der Waals surface area contributed by atoms with Crippen LogP contribution in [0.25, 0.3) is 0 Å². The summed E-state index contributed by atoms with van der Waals surface area (Å²) in [5.74, 6) is -2.20. The zero-order valence-electron chi connectivity index (χ0n) is 15.0. The number of benzene rings is 2. The lowest BCUT2D eigenvalue weighted by Gasteiger charge is -2.19. The second kappa shape index (κ2) is 8.19. The summed E-state index contributed by atoms with van der Waals surface area (Å²) in [6, 6.07) is 5.43. The molecule has 0 saturated heterocycles. The fourth-order valence-electron chi connectivity index (χ4n) is 2.79. The number of hydrogen-bond acceptors (Lipinski definition) is 6. The lowest BCUT2D eigenvalue weighted by molar-refractivity contribution is -0.136. The Bertz CT molecular complexity index is 1050. The molecule has 0 atom stereocenters. The van der Waals surface area contributed by atoms with Gasteiger partial charge in [-0.15, -0.1) is 0 Å². The van der Waals surface area contributed by atoms with E-state index in [1.165, 1.54) is 38.3 Å². The summed E-state index contributed by atoms with van der Waals surface area (Å²) >= 11 is 3.19. The van der Waals surface area contributed by atoms with E-state index in [4.69, 9.17) is 15.6 Å². The Morgan fingerprint density at radius 1 is 1.18 bits per heavy atom. The van der Waals surface area contributed by atoms with Crippen LogP contribution < -0.4 is 10.5 Å². The van der Waals surface area contributed by atoms with Crippen molar-refractivity contribution >= 4 is 43.4 Å². The number of carboxylic acid groups (broad SMARTS) is 2. The number of ether oxygens (including phenoxy) is 1. The largest absolute Gasteiger partial charge is 0.497 e. The van der Waals surface area contributed by atoms with Crippen molar-refractivity contribution in [2.24, 2.45) is 0 Å². The predicted molar refractivity (Wildman–Crippen MR) is 105 cm³/mol. The zero-order valence-corrected chi connectivity index (χ0v) is 17.4. The maximum absolute atomic E-state index is 13.3. The minimum absolute atomic E-state index is 0.00385. The van der Waals surface area contributed by atoms with Gasteiger partial charge in [0.05, 0.1) is 28.2 Å². The molecule has 2 rings (SSSR count). The highest BCUT2D eigenvalue weighted by Gasteiger charge is 2.32. The van der Waals surface area contributed by atoms with Gasteiger partial charge in [0.25, 0.3) is 0 Å². The van der Waals surface area contributed by atoms with Crippen LogP contribution in [-0.4, -0.2) is 37.7 Å². The Labute approximate surface area is 170 Å². The first-order valence-corrected chi connectivity index (χ1v) is 10.2. The first kappa shape index (κ1) is 21.7. The van der Waals surface area contributed by atoms with E-state index in [0.29, 0.717) is 5.75 Å². The van der Waals surface area contributed by atoms with E-state index in [1.54, 1.807) is 0 Å². The van der Waals surface area contributed by atoms with Gasteiger partial charge in [0.2, 0.25) is 9.84 Å². The van der Waals surface area contributed by atoms with E-state index in [0.717, 1.165) is 0 Å². The number of carbonyl (C=O) groups is 2. The van der Waals surface area contributed by atoms with Crippen molar-refractivity contribution in [3.63, 3.8) is 0 Å². The molecule has 0 unspecified atom stereocenters. The van der Waals surface area contributed by atoms with Crippen molar-refractivity contribution in [1.29, 1.82) is 0 Å². The molecule has 0 aromatic heterocycles. The molecule has 0 aliphatic carbocycles. The molecular weight excluding hydrogens is 454 g/mol. The number of aromatic carboxylic acids is 1. The summed E-state index contributed by atoms with van der Waals surface area (Å²) in [5.41, 5.74) is 5.68. The van der Waals surface area contributed by atoms with Gasteiger partial charge < -0.3 is 20.7 Å². The first-order valence-electron chi connectivity index (χ1n) is 7.97. The van der Waals surface area contributed by atoms with E-state index in [2.05, 4.69) is 15.9 Å². The zero-order chi connectivity index (χ0) is 21.2. The molecule has 0 fully saturated rings. The third-order valence-corrected chi connectivity index (χ3v) is 7.11. The molecule has 0 heterocycles. The molecule has 2 aromatic rings. The van der Waals surface area contributed by atoms with Gasteiger partial charge in [-0.3, -0.25) is 4.79 Å². The summed E-state index contributed by atoms with van der Waals surface area (Å²) in [6.07, 6.45) is -0.658. The van der Waals surface area contributed by atoms with Crippen molar-refractivity contribution in [2.75, 3.05) is 12.8 Å². The van der Waals surface area contributed by atoms with E-state index >= 15 is 0 Å². The smallest absolute Gasteiger partial charge is 0.337 e. The van der Waals surface area contributed by atoms with Crippen LogP contribution in [0.2, 0.25) is 0 Å². The summed E-state index contributed by atoms with van der Waals surface area (Å²) in [5, 5.41) is 18.7. The first-order chi connectivity index (χ1) is 13.0. The molecule has 10 heteroatoms. The monoisotopic (exact) mass is 471 g/mol. The van der Waals surface area contributed by atoms with E-state index in [9.17, 15) is 23.1 Å². The number of methoxy groups -OCH3 is 1. The van der Waals surface area contributed by atoms with Crippen LogP contribution in [0, 0.1) is 6.92 Å². The summed E-state index contributed by atoms with van der Waals surface area (Å²) in [4.78, 5) is 22.3. The lowest BCUT2D eigenvalue weighted by Crippen LogP contribution is -2.18. The Morgan fingerprint density at radius 2 is 1.75 bits per heavy atom. The molecular formula is C18H18BrNO7S. The quantitative estimate of drug-likeness (QED) is 0.522. The van der Waals surface area contributed by atoms with Crippen molar-refractivity contribution in [3.05, 3.63) is 45.4 Å². The van der Waals surface area contributed by atoms with Crippen LogP contribution in [0.15, 0.2) is 38.5 Å². The van der Waals surface area contributed by atoms with Gasteiger partial charge in [-0.2, -0.15) is 0 Å². The summed E-state index contributed by atoms with van der Waals surface area (Å²) < 4.78 is 31.9. The maximum atomic E-state index is 13.3. The molecule has 0 aliphatic heterocycles. The minimum atomic E-state index is -4.31. The van der Waals surface area contributed by atoms with Crippen molar-refractivity contribution in [1.82, 2.24) is 0 Å². The molecule has 0 aliphatic rings. The van der Waals surface area contributed by atoms with Crippen LogP contribution in [0.4, 0.5) is 5.69 Å². The second-order valence-electron chi connectivity index (χ2n) is 5.91. The standard InChI is InChI=1S/C18H18BrNO7S/c1-9-14(18(23)24)17(12(7-8-13(21)22)16(20)15(9)19)28(25,26)11-5-3-10(27-2)4-6-11/h3-6H,7-8,20H2,1-2H3,(H,21,22)(H,23,24). The normalized spacial score (nSPS) is 11.2. The minimum Gasteiger partial charge on any atom is -0.497 e. The number of carboxylic acids is 2. The fourth-order valence-corrected chi connectivity index (χ4v) is 5.01. The Hall–Kier alpha value is -2.59. The molecule has 4 N–H and O–H groups in total. The van der Waals surface area contributed by atoms with Gasteiger partial charge in [-0.05, 0) is 64.7 Å². The third kappa shape index (κ3) is 3.97. The van der Waals surface area contributed by atoms with Gasteiger partial charge in [-0.25, -0.2) is 13.2 Å². The van der Waals surface area contributed by atoms with Gasteiger partial charge in [-0.1, -0.05) is 0 Å². The molecule has 0 radical (unpaired) electrons. The molecule has 0 saturated carbocycles. The number of aliphatic carboxylic acids is 1. The molecule has 0 spiro atoms. The van der Waals surface area contributed by atoms with Crippen LogP contribution in [-0.2, 0) is 21.1 Å². The maximum Gasteiger partial charge on any atom is 0.337 e. The predicted octanol–water partition coefficient (Wildman–Crippen LogP) is 2.90. The van der Waals surface area contributed by atoms with E-state index < -0.39 is 38.7 Å². The van der Waals surface area contributed by atoms with Crippen molar-refractivity contribution in [2.45, 2.75) is 29.6 Å². The molecule has 28 heavy (non-hydrogen) atoms. The number of nitrogen functional groups attached to an aromatic ring is 1. The SMILES string of the molecule is COc1ccc(S(=O)(=O)c2c(CCC(=O)O)c(N)c(Br)c(C)c2C(=O)O)cc1. The molecule has 0 bridgehead atoms. The Kier molecular flexibility index (Phi) is 6.35. The number of nitrogens with two attached hydrogens (primary N) is 1. The highest BCUT2D eigenvalue weighted by molar-refractivity contribution is 9.10. The van der Waals surface area contributed by atoms with Crippen molar-refractivity contribution < 1.29 is 33.0 Å². The Balaban J connectivity index is 2.88. The number of hydrogen-bond donors (Lipinski definition) is 3. The molecule has 2 aromatic carbocycles. The fraction of sp³-hybridized carbons (Fsp3) is 0.222. The number of anilines is 1. The van der Waals surface area contributed by atoms with Crippen molar-refractivity contribution in [3.8, 4) is 5.75 Å². The van der Waals surface area contributed by atoms with Gasteiger partial charge in [0.15, 0.2) is 0 Å². The van der Waals surface area contributed by atoms with Gasteiger partial charge in [0.1, 0.15) is 5.75 Å².